The maximum atomic E-state index is 10.9. The molecule has 1 aromatic rings. The van der Waals surface area contributed by atoms with Crippen molar-refractivity contribution in [3.63, 3.8) is 0 Å². The van der Waals surface area contributed by atoms with Crippen LogP contribution in [0, 0.1) is 11.3 Å². The molecule has 0 saturated heterocycles. The van der Waals surface area contributed by atoms with E-state index in [0.717, 1.165) is 0 Å². The van der Waals surface area contributed by atoms with Gasteiger partial charge in [0.2, 0.25) is 5.91 Å². The Morgan fingerprint density at radius 2 is 2.58 bits per heavy atom. The molecule has 1 N–H and O–H groups in total. The van der Waals surface area contributed by atoms with Crippen molar-refractivity contribution in [3.8, 4) is 6.07 Å². The first kappa shape index (κ1) is 8.27. The van der Waals surface area contributed by atoms with Gasteiger partial charge in [-0.3, -0.25) is 9.48 Å². The van der Waals surface area contributed by atoms with Crippen molar-refractivity contribution >= 4 is 5.91 Å². The highest BCUT2D eigenvalue weighted by atomic mass is 16.2. The van der Waals surface area contributed by atoms with E-state index in [2.05, 4.69) is 10.4 Å². The van der Waals surface area contributed by atoms with Crippen molar-refractivity contribution in [2.24, 2.45) is 0 Å². The Morgan fingerprint density at radius 1 is 1.75 bits per heavy atom. The number of carbonyl (C=O) groups is 1. The van der Waals surface area contributed by atoms with E-state index in [0.29, 0.717) is 0 Å². The fraction of sp³-hybridized carbons (Fsp3) is 0.286. The average molecular weight is 164 g/mol. The molecule has 1 amide bonds. The van der Waals surface area contributed by atoms with Crippen molar-refractivity contribution in [3.05, 3.63) is 18.5 Å². The summed E-state index contributed by atoms with van der Waals surface area (Å²) in [6.07, 6.45) is 3.28. The largest absolute Gasteiger partial charge is 0.341 e. The third kappa shape index (κ3) is 2.42. The topological polar surface area (TPSA) is 70.7 Å². The summed E-state index contributed by atoms with van der Waals surface area (Å²) in [4.78, 5) is 10.9. The van der Waals surface area contributed by atoms with E-state index in [1.165, 1.54) is 4.68 Å². The van der Waals surface area contributed by atoms with E-state index in [-0.39, 0.29) is 19.0 Å². The zero-order valence-corrected chi connectivity index (χ0v) is 6.40. The van der Waals surface area contributed by atoms with Crippen LogP contribution in [0.2, 0.25) is 0 Å². The third-order valence-electron chi connectivity index (χ3n) is 1.23. The predicted molar refractivity (Wildman–Crippen MR) is 40.8 cm³/mol. The first-order valence-electron chi connectivity index (χ1n) is 3.44. The third-order valence-corrected chi connectivity index (χ3v) is 1.23. The van der Waals surface area contributed by atoms with Crippen LogP contribution in [0.1, 0.15) is 0 Å². The number of aromatic nitrogens is 2. The molecule has 0 aromatic carbocycles. The van der Waals surface area contributed by atoms with Crippen LogP contribution < -0.4 is 5.32 Å². The first-order valence-corrected chi connectivity index (χ1v) is 3.44. The number of carbonyl (C=O) groups excluding carboxylic acids is 1. The highest BCUT2D eigenvalue weighted by Crippen LogP contribution is 1.83. The van der Waals surface area contributed by atoms with Gasteiger partial charge in [-0.05, 0) is 6.07 Å². The van der Waals surface area contributed by atoms with Gasteiger partial charge in [-0.15, -0.1) is 0 Å². The quantitative estimate of drug-likeness (QED) is 0.613. The molecule has 0 saturated carbocycles. The van der Waals surface area contributed by atoms with Crippen LogP contribution in [0.4, 0.5) is 0 Å². The number of nitrogens with zero attached hydrogens (tertiary/aromatic N) is 3. The van der Waals surface area contributed by atoms with E-state index in [4.69, 9.17) is 5.26 Å². The molecule has 1 rings (SSSR count). The number of nitrogens with one attached hydrogen (secondary N) is 1. The Kier molecular flexibility index (Phi) is 2.85. The summed E-state index contributed by atoms with van der Waals surface area (Å²) in [5, 5.41) is 14.4. The molecule has 0 unspecified atom stereocenters. The van der Waals surface area contributed by atoms with Gasteiger partial charge in [0.1, 0.15) is 13.1 Å². The fourth-order valence-corrected chi connectivity index (χ4v) is 0.735. The second-order valence-corrected chi connectivity index (χ2v) is 2.14. The zero-order chi connectivity index (χ0) is 8.81. The van der Waals surface area contributed by atoms with Gasteiger partial charge < -0.3 is 5.32 Å². The lowest BCUT2D eigenvalue weighted by molar-refractivity contribution is -0.121. The molecule has 0 aliphatic carbocycles. The van der Waals surface area contributed by atoms with Crippen molar-refractivity contribution in [2.45, 2.75) is 6.54 Å². The zero-order valence-electron chi connectivity index (χ0n) is 6.40. The van der Waals surface area contributed by atoms with Crippen LogP contribution in [0.3, 0.4) is 0 Å². The molecular weight excluding hydrogens is 156 g/mol. The number of hydrogen-bond acceptors (Lipinski definition) is 3. The molecule has 1 heterocycles. The van der Waals surface area contributed by atoms with Gasteiger partial charge in [-0.2, -0.15) is 10.4 Å². The van der Waals surface area contributed by atoms with Crippen LogP contribution in [0.15, 0.2) is 18.5 Å². The first-order chi connectivity index (χ1) is 5.83. The maximum absolute atomic E-state index is 10.9. The lowest BCUT2D eigenvalue weighted by Gasteiger charge is -1.99. The molecule has 12 heavy (non-hydrogen) atoms. The van der Waals surface area contributed by atoms with Crippen molar-refractivity contribution in [1.82, 2.24) is 15.1 Å². The standard InChI is InChI=1S/C7H8N4O/c8-2-4-9-7(12)6-11-5-1-3-10-11/h1,3,5H,4,6H2,(H,9,12). The van der Waals surface area contributed by atoms with Gasteiger partial charge in [0.05, 0.1) is 6.07 Å². The molecule has 5 nitrogen and oxygen atoms in total. The van der Waals surface area contributed by atoms with E-state index < -0.39 is 0 Å². The van der Waals surface area contributed by atoms with Crippen molar-refractivity contribution < 1.29 is 4.79 Å². The SMILES string of the molecule is N#CCNC(=O)Cn1cccn1. The second-order valence-electron chi connectivity index (χ2n) is 2.14. The minimum atomic E-state index is -0.208. The van der Waals surface area contributed by atoms with Crippen LogP contribution in [-0.2, 0) is 11.3 Å². The molecule has 0 radical (unpaired) electrons. The van der Waals surface area contributed by atoms with E-state index in [1.807, 2.05) is 6.07 Å². The van der Waals surface area contributed by atoms with E-state index in [1.54, 1.807) is 18.5 Å². The molecule has 0 aliphatic rings. The normalized spacial score (nSPS) is 8.92. The van der Waals surface area contributed by atoms with Crippen LogP contribution >= 0.6 is 0 Å². The summed E-state index contributed by atoms with van der Waals surface area (Å²) in [6, 6.07) is 3.55. The van der Waals surface area contributed by atoms with Crippen LogP contribution in [-0.4, -0.2) is 22.2 Å². The number of amides is 1. The van der Waals surface area contributed by atoms with Crippen molar-refractivity contribution in [1.29, 1.82) is 5.26 Å². The molecule has 1 aromatic heterocycles. The van der Waals surface area contributed by atoms with E-state index >= 15 is 0 Å². The average Bonchev–Trinajstić information content (AvgIpc) is 2.53. The van der Waals surface area contributed by atoms with E-state index in [9.17, 15) is 4.79 Å². The van der Waals surface area contributed by atoms with Gasteiger partial charge in [-0.1, -0.05) is 0 Å². The van der Waals surface area contributed by atoms with Gasteiger partial charge >= 0.3 is 0 Å². The Labute approximate surface area is 69.6 Å². The molecule has 5 heteroatoms. The van der Waals surface area contributed by atoms with Gasteiger partial charge in [0, 0.05) is 12.4 Å². The molecule has 0 bridgehead atoms. The number of nitriles is 1. The molecule has 0 spiro atoms. The van der Waals surface area contributed by atoms with Gasteiger partial charge in [0.25, 0.3) is 0 Å². The maximum Gasteiger partial charge on any atom is 0.242 e. The van der Waals surface area contributed by atoms with Crippen LogP contribution in [0.25, 0.3) is 0 Å². The van der Waals surface area contributed by atoms with Crippen molar-refractivity contribution in [2.75, 3.05) is 6.54 Å². The number of hydrogen-bond donors (Lipinski definition) is 1. The summed E-state index contributed by atoms with van der Waals surface area (Å²) in [5.74, 6) is -0.208. The monoisotopic (exact) mass is 164 g/mol. The Balaban J connectivity index is 2.33. The minimum absolute atomic E-state index is 0.0418. The Morgan fingerprint density at radius 3 is 3.17 bits per heavy atom. The van der Waals surface area contributed by atoms with Gasteiger partial charge in [-0.25, -0.2) is 0 Å². The second kappa shape index (κ2) is 4.13. The molecule has 0 fully saturated rings. The lowest BCUT2D eigenvalue weighted by Crippen LogP contribution is -2.27. The molecule has 62 valence electrons. The highest BCUT2D eigenvalue weighted by Gasteiger charge is 1.99. The summed E-state index contributed by atoms with van der Waals surface area (Å²) in [5.41, 5.74) is 0. The molecule has 0 aliphatic heterocycles. The lowest BCUT2D eigenvalue weighted by atomic mass is 10.5. The summed E-state index contributed by atoms with van der Waals surface area (Å²) >= 11 is 0. The molecule has 0 atom stereocenters. The number of rotatable bonds is 3. The highest BCUT2D eigenvalue weighted by molar-refractivity contribution is 5.75. The predicted octanol–water partition coefficient (Wildman–Crippen LogP) is -0.477. The molecular formula is C7H8N4O. The van der Waals surface area contributed by atoms with Gasteiger partial charge in [0.15, 0.2) is 0 Å². The Bertz CT molecular complexity index is 285. The Hall–Kier alpha value is -1.83. The summed E-state index contributed by atoms with van der Waals surface area (Å²) < 4.78 is 1.49. The minimum Gasteiger partial charge on any atom is -0.341 e. The summed E-state index contributed by atoms with van der Waals surface area (Å²) in [7, 11) is 0. The van der Waals surface area contributed by atoms with Crippen LogP contribution in [0.5, 0.6) is 0 Å². The fourth-order valence-electron chi connectivity index (χ4n) is 0.735. The summed E-state index contributed by atoms with van der Waals surface area (Å²) in [6.45, 7) is 0.203. The smallest absolute Gasteiger partial charge is 0.242 e.